The topological polar surface area (TPSA) is 38.8 Å². The number of anilines is 2. The van der Waals surface area contributed by atoms with Crippen molar-refractivity contribution in [3.63, 3.8) is 0 Å². The summed E-state index contributed by atoms with van der Waals surface area (Å²) in [4.78, 5) is 19.2. The fraction of sp³-hybridized carbons (Fsp3) is 0.611. The van der Waals surface area contributed by atoms with Crippen LogP contribution in [0.4, 0.5) is 11.4 Å². The summed E-state index contributed by atoms with van der Waals surface area (Å²) in [5.74, 6) is 0.115. The van der Waals surface area contributed by atoms with Gasteiger partial charge in [0.25, 0.3) is 0 Å². The summed E-state index contributed by atoms with van der Waals surface area (Å²) in [5.41, 5.74) is 2.14. The van der Waals surface area contributed by atoms with Crippen LogP contribution in [0.25, 0.3) is 0 Å². The molecule has 1 N–H and O–H groups in total. The van der Waals surface area contributed by atoms with Crippen LogP contribution in [0.3, 0.4) is 0 Å². The number of amides is 1. The minimum atomic E-state index is 0.115. The zero-order valence-corrected chi connectivity index (χ0v) is 14.1. The van der Waals surface area contributed by atoms with Crippen molar-refractivity contribution < 1.29 is 4.79 Å². The van der Waals surface area contributed by atoms with Crippen molar-refractivity contribution in [2.24, 2.45) is 0 Å². The smallest absolute Gasteiger partial charge is 0.225 e. The summed E-state index contributed by atoms with van der Waals surface area (Å²) in [6.45, 7) is 7.52. The first kappa shape index (κ1) is 16.3. The molecule has 2 fully saturated rings. The molecule has 5 heteroatoms. The third kappa shape index (κ3) is 4.69. The lowest BCUT2D eigenvalue weighted by molar-refractivity contribution is -0.116. The van der Waals surface area contributed by atoms with Crippen molar-refractivity contribution in [2.45, 2.75) is 19.3 Å². The van der Waals surface area contributed by atoms with Crippen LogP contribution in [0, 0.1) is 0 Å². The quantitative estimate of drug-likeness (QED) is 0.900. The zero-order chi connectivity index (χ0) is 16.1. The van der Waals surface area contributed by atoms with Gasteiger partial charge in [0.15, 0.2) is 0 Å². The molecule has 0 aliphatic carbocycles. The lowest BCUT2D eigenvalue weighted by Crippen LogP contribution is -2.44. The van der Waals surface area contributed by atoms with E-state index >= 15 is 0 Å². The molecular weight excluding hydrogens is 288 g/mol. The van der Waals surface area contributed by atoms with E-state index in [1.165, 1.54) is 18.5 Å². The Labute approximate surface area is 139 Å². The molecule has 0 aromatic heterocycles. The van der Waals surface area contributed by atoms with Crippen molar-refractivity contribution in [3.8, 4) is 0 Å². The summed E-state index contributed by atoms with van der Waals surface area (Å²) in [6.07, 6.45) is 3.13. The minimum Gasteiger partial charge on any atom is -0.369 e. The molecule has 0 unspecified atom stereocenters. The van der Waals surface area contributed by atoms with E-state index in [0.29, 0.717) is 6.42 Å². The molecule has 0 saturated carbocycles. The molecule has 23 heavy (non-hydrogen) atoms. The fourth-order valence-electron chi connectivity index (χ4n) is 3.31. The molecule has 3 rings (SSSR count). The predicted molar refractivity (Wildman–Crippen MR) is 95.1 cm³/mol. The van der Waals surface area contributed by atoms with Gasteiger partial charge in [0.2, 0.25) is 5.91 Å². The van der Waals surface area contributed by atoms with Crippen LogP contribution in [0.2, 0.25) is 0 Å². The lowest BCUT2D eigenvalue weighted by Gasteiger charge is -2.34. The van der Waals surface area contributed by atoms with Crippen molar-refractivity contribution in [2.75, 3.05) is 63.1 Å². The van der Waals surface area contributed by atoms with Gasteiger partial charge in [0, 0.05) is 50.5 Å². The molecule has 126 valence electrons. The highest BCUT2D eigenvalue weighted by atomic mass is 16.1. The first-order chi connectivity index (χ1) is 11.2. The molecule has 0 bridgehead atoms. The first-order valence-electron chi connectivity index (χ1n) is 8.76. The van der Waals surface area contributed by atoms with Crippen LogP contribution in [-0.2, 0) is 4.79 Å². The monoisotopic (exact) mass is 316 g/mol. The van der Waals surface area contributed by atoms with Crippen molar-refractivity contribution >= 4 is 17.3 Å². The Bertz CT molecular complexity index is 502. The molecule has 1 aromatic rings. The largest absolute Gasteiger partial charge is 0.369 e. The van der Waals surface area contributed by atoms with Gasteiger partial charge in [0.05, 0.1) is 0 Å². The second-order valence-electron chi connectivity index (χ2n) is 6.68. The van der Waals surface area contributed by atoms with Gasteiger partial charge in [-0.15, -0.1) is 0 Å². The van der Waals surface area contributed by atoms with Crippen LogP contribution < -0.4 is 10.2 Å². The number of hydrogen-bond donors (Lipinski definition) is 1. The zero-order valence-electron chi connectivity index (χ0n) is 14.1. The average molecular weight is 316 g/mol. The van der Waals surface area contributed by atoms with Crippen LogP contribution in [-0.4, -0.2) is 68.6 Å². The Morgan fingerprint density at radius 3 is 2.30 bits per heavy atom. The number of carbonyl (C=O) groups excluding carboxylic acids is 1. The normalized spacial score (nSPS) is 20.0. The average Bonchev–Trinajstić information content (AvgIpc) is 3.08. The minimum absolute atomic E-state index is 0.115. The molecule has 1 aromatic carbocycles. The number of likely N-dealkylation sites (N-methyl/N-ethyl adjacent to an activating group) is 1. The number of nitrogens with one attached hydrogen (secondary N) is 1. The van der Waals surface area contributed by atoms with Crippen molar-refractivity contribution in [1.82, 2.24) is 9.80 Å². The number of likely N-dealkylation sites (tertiary alicyclic amines) is 1. The van der Waals surface area contributed by atoms with E-state index in [2.05, 4.69) is 39.2 Å². The van der Waals surface area contributed by atoms with Gasteiger partial charge < -0.3 is 20.0 Å². The Kier molecular flexibility index (Phi) is 5.51. The van der Waals surface area contributed by atoms with Crippen LogP contribution in [0.15, 0.2) is 24.3 Å². The van der Waals surface area contributed by atoms with Gasteiger partial charge in [-0.3, -0.25) is 4.79 Å². The standard InChI is InChI=1S/C18H28N4O/c1-20-12-14-22(15-13-20)17-6-4-16(5-7-17)19-18(23)8-11-21-9-2-3-10-21/h4-7H,2-3,8-15H2,1H3,(H,19,23). The van der Waals surface area contributed by atoms with E-state index < -0.39 is 0 Å². The summed E-state index contributed by atoms with van der Waals surface area (Å²) in [5, 5.41) is 3.01. The van der Waals surface area contributed by atoms with E-state index in [1.54, 1.807) is 0 Å². The molecule has 0 radical (unpaired) electrons. The maximum atomic E-state index is 12.0. The highest BCUT2D eigenvalue weighted by Crippen LogP contribution is 2.19. The van der Waals surface area contributed by atoms with E-state index in [9.17, 15) is 4.79 Å². The van der Waals surface area contributed by atoms with Gasteiger partial charge in [-0.1, -0.05) is 0 Å². The lowest BCUT2D eigenvalue weighted by atomic mass is 10.2. The van der Waals surface area contributed by atoms with Gasteiger partial charge in [-0.25, -0.2) is 0 Å². The number of hydrogen-bond acceptors (Lipinski definition) is 4. The summed E-state index contributed by atoms with van der Waals surface area (Å²) >= 11 is 0. The van der Waals surface area contributed by atoms with Crippen molar-refractivity contribution in [1.29, 1.82) is 0 Å². The maximum absolute atomic E-state index is 12.0. The summed E-state index contributed by atoms with van der Waals surface area (Å²) < 4.78 is 0. The van der Waals surface area contributed by atoms with E-state index in [-0.39, 0.29) is 5.91 Å². The molecule has 0 atom stereocenters. The Hall–Kier alpha value is -1.59. The highest BCUT2D eigenvalue weighted by molar-refractivity contribution is 5.91. The first-order valence-corrected chi connectivity index (χ1v) is 8.76. The third-order valence-corrected chi connectivity index (χ3v) is 4.87. The van der Waals surface area contributed by atoms with Crippen LogP contribution in [0.5, 0.6) is 0 Å². The number of carbonyl (C=O) groups is 1. The molecule has 5 nitrogen and oxygen atoms in total. The molecule has 2 aliphatic heterocycles. The highest BCUT2D eigenvalue weighted by Gasteiger charge is 2.15. The van der Waals surface area contributed by atoms with Gasteiger partial charge in [-0.2, -0.15) is 0 Å². The van der Waals surface area contributed by atoms with E-state index in [0.717, 1.165) is 51.5 Å². The van der Waals surface area contributed by atoms with Gasteiger partial charge >= 0.3 is 0 Å². The maximum Gasteiger partial charge on any atom is 0.225 e. The van der Waals surface area contributed by atoms with Crippen LogP contribution >= 0.6 is 0 Å². The molecule has 1 amide bonds. The Balaban J connectivity index is 1.46. The Morgan fingerprint density at radius 1 is 1.00 bits per heavy atom. The Morgan fingerprint density at radius 2 is 1.65 bits per heavy atom. The number of benzene rings is 1. The van der Waals surface area contributed by atoms with Gasteiger partial charge in [-0.05, 0) is 57.2 Å². The summed E-state index contributed by atoms with van der Waals surface area (Å²) in [7, 11) is 2.16. The number of rotatable bonds is 5. The third-order valence-electron chi connectivity index (χ3n) is 4.87. The second-order valence-corrected chi connectivity index (χ2v) is 6.68. The SMILES string of the molecule is CN1CCN(c2ccc(NC(=O)CCN3CCCC3)cc2)CC1. The predicted octanol–water partition coefficient (Wildman–Crippen LogP) is 1.86. The van der Waals surface area contributed by atoms with Gasteiger partial charge in [0.1, 0.15) is 0 Å². The molecule has 2 aliphatic rings. The molecular formula is C18H28N4O. The molecule has 0 spiro atoms. The second kappa shape index (κ2) is 7.79. The fourth-order valence-corrected chi connectivity index (χ4v) is 3.31. The molecule has 2 saturated heterocycles. The summed E-state index contributed by atoms with van der Waals surface area (Å²) in [6, 6.07) is 8.26. The van der Waals surface area contributed by atoms with E-state index in [1.807, 2.05) is 12.1 Å². The van der Waals surface area contributed by atoms with Crippen molar-refractivity contribution in [3.05, 3.63) is 24.3 Å². The molecule has 2 heterocycles. The van der Waals surface area contributed by atoms with Crippen LogP contribution in [0.1, 0.15) is 19.3 Å². The number of nitrogens with zero attached hydrogens (tertiary/aromatic N) is 3. The number of piperazine rings is 1. The van der Waals surface area contributed by atoms with E-state index in [4.69, 9.17) is 0 Å².